The zero-order chi connectivity index (χ0) is 10.6. The third-order valence-electron chi connectivity index (χ3n) is 1.06. The lowest BCUT2D eigenvalue weighted by Crippen LogP contribution is -2.46. The van der Waals surface area contributed by atoms with Crippen molar-refractivity contribution in [3.8, 4) is 0 Å². The highest BCUT2D eigenvalue weighted by molar-refractivity contribution is 8.06. The van der Waals surface area contributed by atoms with Crippen molar-refractivity contribution in [3.05, 3.63) is 0 Å². The Morgan fingerprint density at radius 1 is 1.46 bits per heavy atom. The molecule has 0 aromatic heterocycles. The van der Waals surface area contributed by atoms with Gasteiger partial charge in [-0.05, 0) is 0 Å². The highest BCUT2D eigenvalue weighted by Crippen LogP contribution is 2.18. The van der Waals surface area contributed by atoms with E-state index < -0.39 is 30.9 Å². The van der Waals surface area contributed by atoms with E-state index in [1.807, 2.05) is 0 Å². The van der Waals surface area contributed by atoms with Gasteiger partial charge in [-0.1, -0.05) is 0 Å². The minimum atomic E-state index is -4.26. The summed E-state index contributed by atoms with van der Waals surface area (Å²) < 4.78 is 0. The van der Waals surface area contributed by atoms with E-state index >= 15 is 0 Å². The first-order valence-electron chi connectivity index (χ1n) is 3.10. The first kappa shape index (κ1) is 12.5. The van der Waals surface area contributed by atoms with Gasteiger partial charge in [0.1, 0.15) is 0 Å². The zero-order valence-corrected chi connectivity index (χ0v) is 8.14. The van der Waals surface area contributed by atoms with Gasteiger partial charge in [0.05, 0.1) is 12.5 Å². The summed E-state index contributed by atoms with van der Waals surface area (Å²) in [6.07, 6.45) is -0.502. The van der Waals surface area contributed by atoms with Crippen LogP contribution >= 0.6 is 6.64 Å². The van der Waals surface area contributed by atoms with Crippen LogP contribution in [0.25, 0.3) is 0 Å². The van der Waals surface area contributed by atoms with Crippen molar-refractivity contribution in [1.29, 1.82) is 0 Å². The monoisotopic (exact) mass is 225 g/mol. The molecule has 0 fully saturated rings. The summed E-state index contributed by atoms with van der Waals surface area (Å²) in [5.41, 5.74) is 9.51. The van der Waals surface area contributed by atoms with Crippen LogP contribution in [-0.4, -0.2) is 17.9 Å². The van der Waals surface area contributed by atoms with E-state index in [0.29, 0.717) is 0 Å². The fraction of sp³-hybridized carbons (Fsp3) is 0.500. The second kappa shape index (κ2) is 4.64. The fourth-order valence-corrected chi connectivity index (χ4v) is 1.58. The summed E-state index contributed by atoms with van der Waals surface area (Å²) in [5, 5.41) is 1.73. The van der Waals surface area contributed by atoms with Gasteiger partial charge in [0.15, 0.2) is 0 Å². The summed E-state index contributed by atoms with van der Waals surface area (Å²) in [4.78, 5) is 41.9. The Balaban J connectivity index is 4.36. The van der Waals surface area contributed by atoms with Gasteiger partial charge in [0, 0.05) is 0 Å². The number of carbonyl (C=O) groups excluding carboxylic acids is 2. The number of nitrogens with two attached hydrogens (primary N) is 2. The first-order valence-corrected chi connectivity index (χ1v) is 5.73. The lowest BCUT2D eigenvalue weighted by Gasteiger charge is -2.38. The molecule has 0 aromatic rings. The Labute approximate surface area is 79.3 Å². The van der Waals surface area contributed by atoms with Crippen LogP contribution in [0.5, 0.6) is 0 Å². The van der Waals surface area contributed by atoms with E-state index in [0.717, 1.165) is 0 Å². The molecule has 0 spiro atoms. The largest absolute Gasteiger partial charge is 0.821 e. The molecule has 13 heavy (non-hydrogen) atoms. The topological polar surface area (TPSA) is 144 Å². The van der Waals surface area contributed by atoms with E-state index in [1.54, 1.807) is 5.09 Å². The van der Waals surface area contributed by atoms with Crippen LogP contribution in [0.4, 0.5) is 0 Å². The average Bonchev–Trinajstić information content (AvgIpc) is 1.81. The standard InChI is InChI=1S/C4H10N3O4PS/c5-3(8)1-2(4(6)9)7-12(10,11)13/h2H,1H2,(H2,5,8)(H2,6,9)(H3,7,10,11,13)/p-2. The average molecular weight is 225 g/mol. The smallest absolute Gasteiger partial charge is 0.235 e. The number of hydrogen-bond donors (Lipinski definition) is 3. The number of primary amides is 2. The van der Waals surface area contributed by atoms with E-state index in [2.05, 4.69) is 11.8 Å². The molecule has 0 bridgehead atoms. The maximum atomic E-state index is 10.6. The molecule has 0 aliphatic heterocycles. The zero-order valence-electron chi connectivity index (χ0n) is 6.43. The fourth-order valence-electron chi connectivity index (χ4n) is 0.602. The van der Waals surface area contributed by atoms with E-state index in [4.69, 9.17) is 11.5 Å². The molecule has 0 rings (SSSR count). The molecule has 0 heterocycles. The molecule has 1 atom stereocenters. The number of rotatable bonds is 5. The predicted molar refractivity (Wildman–Crippen MR) is 44.2 cm³/mol. The molecule has 5 N–H and O–H groups in total. The molecule has 2 amide bonds. The Morgan fingerprint density at radius 2 is 1.92 bits per heavy atom. The van der Waals surface area contributed by atoms with Crippen LogP contribution in [0.15, 0.2) is 0 Å². The minimum absolute atomic E-state index is 0.502. The first-order chi connectivity index (χ1) is 5.72. The summed E-state index contributed by atoms with van der Waals surface area (Å²) in [5.74, 6) is -1.85. The summed E-state index contributed by atoms with van der Waals surface area (Å²) in [6.45, 7) is -4.26. The second-order valence-electron chi connectivity index (χ2n) is 2.25. The summed E-state index contributed by atoms with van der Waals surface area (Å²) in [6, 6.07) is -1.36. The Bertz CT molecular complexity index is 264. The molecular formula is C4H8N3O4PS-2. The summed E-state index contributed by atoms with van der Waals surface area (Å²) in [7, 11) is 0. The van der Waals surface area contributed by atoms with Crippen molar-refractivity contribution in [2.24, 2.45) is 11.5 Å². The van der Waals surface area contributed by atoms with Gasteiger partial charge in [0.2, 0.25) is 11.8 Å². The third-order valence-corrected chi connectivity index (χ3v) is 2.01. The van der Waals surface area contributed by atoms with Crippen LogP contribution in [-0.2, 0) is 21.4 Å². The Morgan fingerprint density at radius 3 is 2.15 bits per heavy atom. The van der Waals surface area contributed by atoms with Crippen molar-refractivity contribution in [2.75, 3.05) is 0 Å². The highest BCUT2D eigenvalue weighted by Gasteiger charge is 2.16. The molecule has 9 heteroatoms. The number of carbonyl (C=O) groups is 2. The Kier molecular flexibility index (Phi) is 4.45. The van der Waals surface area contributed by atoms with Crippen LogP contribution < -0.4 is 26.3 Å². The van der Waals surface area contributed by atoms with Crippen LogP contribution in [0, 0.1) is 0 Å². The maximum absolute atomic E-state index is 10.6. The second-order valence-corrected chi connectivity index (χ2v) is 4.95. The number of amides is 2. The SMILES string of the molecule is NC(=O)CC(NP([O-])([O-])=S)C(N)=O. The lowest BCUT2D eigenvalue weighted by molar-refractivity contribution is -0.299. The Hall–Kier alpha value is -0.530. The minimum Gasteiger partial charge on any atom is -0.821 e. The molecule has 0 radical (unpaired) electrons. The van der Waals surface area contributed by atoms with Gasteiger partial charge in [-0.2, -0.15) is 6.64 Å². The molecule has 0 aliphatic rings. The predicted octanol–water partition coefficient (Wildman–Crippen LogP) is -3.75. The van der Waals surface area contributed by atoms with E-state index in [1.165, 1.54) is 0 Å². The van der Waals surface area contributed by atoms with Gasteiger partial charge < -0.3 is 26.3 Å². The quantitative estimate of drug-likeness (QED) is 0.410. The number of nitrogens with one attached hydrogen (secondary N) is 1. The maximum Gasteiger partial charge on any atom is 0.235 e. The van der Waals surface area contributed by atoms with Crippen molar-refractivity contribution < 1.29 is 19.4 Å². The van der Waals surface area contributed by atoms with Crippen molar-refractivity contribution >= 4 is 30.3 Å². The number of hydrogen-bond acceptors (Lipinski definition) is 5. The molecular weight excluding hydrogens is 217 g/mol. The van der Waals surface area contributed by atoms with Crippen molar-refractivity contribution in [3.63, 3.8) is 0 Å². The van der Waals surface area contributed by atoms with E-state index in [9.17, 15) is 19.4 Å². The highest BCUT2D eigenvalue weighted by atomic mass is 32.5. The van der Waals surface area contributed by atoms with Crippen molar-refractivity contribution in [1.82, 2.24) is 5.09 Å². The van der Waals surface area contributed by atoms with Crippen LogP contribution in [0.2, 0.25) is 0 Å². The molecule has 1 unspecified atom stereocenters. The molecule has 0 saturated carbocycles. The van der Waals surface area contributed by atoms with Crippen LogP contribution in [0.1, 0.15) is 6.42 Å². The molecule has 0 aromatic carbocycles. The molecule has 0 saturated heterocycles. The normalized spacial score (nSPS) is 13.7. The third kappa shape index (κ3) is 6.62. The molecule has 7 nitrogen and oxygen atoms in total. The van der Waals surface area contributed by atoms with Gasteiger partial charge in [0.25, 0.3) is 0 Å². The van der Waals surface area contributed by atoms with Gasteiger partial charge in [-0.25, -0.2) is 0 Å². The summed E-state index contributed by atoms with van der Waals surface area (Å²) >= 11 is 3.96. The van der Waals surface area contributed by atoms with Gasteiger partial charge in [-0.15, -0.1) is 11.8 Å². The van der Waals surface area contributed by atoms with Gasteiger partial charge in [-0.3, -0.25) is 9.59 Å². The van der Waals surface area contributed by atoms with Crippen LogP contribution in [0.3, 0.4) is 0 Å². The van der Waals surface area contributed by atoms with Gasteiger partial charge >= 0.3 is 0 Å². The molecule has 76 valence electrons. The molecule has 0 aliphatic carbocycles. The van der Waals surface area contributed by atoms with E-state index in [-0.39, 0.29) is 0 Å². The van der Waals surface area contributed by atoms with Crippen molar-refractivity contribution in [2.45, 2.75) is 12.5 Å². The lowest BCUT2D eigenvalue weighted by atomic mass is 10.2.